The quantitative estimate of drug-likeness (QED) is 0.672. The maximum Gasteiger partial charge on any atom is 0.278 e. The van der Waals surface area contributed by atoms with Crippen LogP contribution in [-0.4, -0.2) is 33.4 Å². The molecule has 2 amide bonds. The third-order valence-electron chi connectivity index (χ3n) is 4.48. The van der Waals surface area contributed by atoms with E-state index in [2.05, 4.69) is 20.8 Å². The predicted octanol–water partition coefficient (Wildman–Crippen LogP) is 3.58. The van der Waals surface area contributed by atoms with E-state index in [1.807, 2.05) is 39.0 Å². The van der Waals surface area contributed by atoms with Gasteiger partial charge < -0.3 is 10.6 Å². The number of rotatable bonds is 6. The summed E-state index contributed by atoms with van der Waals surface area (Å²) in [7, 11) is 0. The first kappa shape index (κ1) is 20.3. The first-order chi connectivity index (χ1) is 13.9. The summed E-state index contributed by atoms with van der Waals surface area (Å²) < 4.78 is 0. The van der Waals surface area contributed by atoms with Gasteiger partial charge in [-0.05, 0) is 57.0 Å². The van der Waals surface area contributed by atoms with Crippen LogP contribution in [0.25, 0.3) is 5.69 Å². The van der Waals surface area contributed by atoms with Gasteiger partial charge in [0.2, 0.25) is 0 Å². The molecule has 2 N–H and O–H groups in total. The Morgan fingerprint density at radius 1 is 1.00 bits per heavy atom. The van der Waals surface area contributed by atoms with Gasteiger partial charge in [-0.25, -0.2) is 0 Å². The number of amides is 2. The van der Waals surface area contributed by atoms with E-state index >= 15 is 0 Å². The van der Waals surface area contributed by atoms with E-state index in [0.717, 1.165) is 23.2 Å². The molecule has 0 saturated carbocycles. The molecule has 0 aliphatic carbocycles. The van der Waals surface area contributed by atoms with Crippen LogP contribution < -0.4 is 10.6 Å². The number of anilines is 1. The largest absolute Gasteiger partial charge is 0.352 e. The smallest absolute Gasteiger partial charge is 0.278 e. The molecule has 0 radical (unpaired) electrons. The number of aromatic nitrogens is 3. The number of carbonyl (C=O) groups excluding carboxylic acids is 2. The Bertz CT molecular complexity index is 1060. The Morgan fingerprint density at radius 2 is 1.79 bits per heavy atom. The Balaban J connectivity index is 1.80. The van der Waals surface area contributed by atoms with Crippen molar-refractivity contribution in [1.82, 2.24) is 20.3 Å². The van der Waals surface area contributed by atoms with Crippen LogP contribution in [0.5, 0.6) is 0 Å². The average Bonchev–Trinajstić information content (AvgIpc) is 3.07. The monoisotopic (exact) mass is 391 g/mol. The summed E-state index contributed by atoms with van der Waals surface area (Å²) in [6.07, 6.45) is 0.859. The number of hydrogen-bond acceptors (Lipinski definition) is 4. The SMILES string of the molecule is CCCNC(=O)c1cccc(NC(=O)c2nn(-c3ccc(C)cc3C)nc2C)c1. The van der Waals surface area contributed by atoms with Crippen LogP contribution in [0.15, 0.2) is 42.5 Å². The molecule has 0 bridgehead atoms. The van der Waals surface area contributed by atoms with Crippen LogP contribution in [0.3, 0.4) is 0 Å². The zero-order valence-electron chi connectivity index (χ0n) is 17.1. The van der Waals surface area contributed by atoms with E-state index in [0.29, 0.717) is 23.5 Å². The number of nitrogens with one attached hydrogen (secondary N) is 2. The lowest BCUT2D eigenvalue weighted by atomic mass is 10.1. The Labute approximate surface area is 170 Å². The summed E-state index contributed by atoms with van der Waals surface area (Å²) in [5.41, 5.74) is 4.79. The van der Waals surface area contributed by atoms with Gasteiger partial charge in [-0.15, -0.1) is 5.10 Å². The molecule has 7 nitrogen and oxygen atoms in total. The third-order valence-corrected chi connectivity index (χ3v) is 4.48. The van der Waals surface area contributed by atoms with Gasteiger partial charge in [0.05, 0.1) is 11.4 Å². The molecule has 0 unspecified atom stereocenters. The second kappa shape index (κ2) is 8.68. The van der Waals surface area contributed by atoms with Crippen molar-refractivity contribution in [2.75, 3.05) is 11.9 Å². The molecule has 0 aliphatic rings. The highest BCUT2D eigenvalue weighted by molar-refractivity contribution is 6.04. The lowest BCUT2D eigenvalue weighted by Gasteiger charge is -2.07. The van der Waals surface area contributed by atoms with Gasteiger partial charge in [-0.2, -0.15) is 9.90 Å². The fourth-order valence-corrected chi connectivity index (χ4v) is 3.00. The second-order valence-corrected chi connectivity index (χ2v) is 7.00. The van der Waals surface area contributed by atoms with Crippen LogP contribution in [0.4, 0.5) is 5.69 Å². The maximum absolute atomic E-state index is 12.7. The summed E-state index contributed by atoms with van der Waals surface area (Å²) in [4.78, 5) is 26.4. The molecule has 3 rings (SSSR count). The van der Waals surface area contributed by atoms with Crippen LogP contribution in [0, 0.1) is 20.8 Å². The summed E-state index contributed by atoms with van der Waals surface area (Å²) in [5.74, 6) is -0.537. The van der Waals surface area contributed by atoms with Crippen LogP contribution in [0.2, 0.25) is 0 Å². The van der Waals surface area contributed by atoms with Crippen molar-refractivity contribution in [3.05, 3.63) is 70.5 Å². The molecule has 0 spiro atoms. The van der Waals surface area contributed by atoms with Crippen molar-refractivity contribution in [1.29, 1.82) is 0 Å². The zero-order valence-corrected chi connectivity index (χ0v) is 17.1. The van der Waals surface area contributed by atoms with Crippen molar-refractivity contribution in [3.8, 4) is 5.69 Å². The van der Waals surface area contributed by atoms with Gasteiger partial charge in [-0.1, -0.05) is 30.7 Å². The highest BCUT2D eigenvalue weighted by atomic mass is 16.2. The number of hydrogen-bond donors (Lipinski definition) is 2. The number of nitrogens with zero attached hydrogens (tertiary/aromatic N) is 3. The fraction of sp³-hybridized carbons (Fsp3) is 0.273. The molecule has 29 heavy (non-hydrogen) atoms. The van der Waals surface area contributed by atoms with Crippen molar-refractivity contribution >= 4 is 17.5 Å². The van der Waals surface area contributed by atoms with E-state index in [4.69, 9.17) is 0 Å². The second-order valence-electron chi connectivity index (χ2n) is 7.00. The van der Waals surface area contributed by atoms with Gasteiger partial charge >= 0.3 is 0 Å². The molecule has 150 valence electrons. The summed E-state index contributed by atoms with van der Waals surface area (Å²) >= 11 is 0. The molecule has 0 atom stereocenters. The van der Waals surface area contributed by atoms with Gasteiger partial charge in [-0.3, -0.25) is 9.59 Å². The minimum atomic E-state index is -0.371. The van der Waals surface area contributed by atoms with Crippen LogP contribution in [0.1, 0.15) is 51.0 Å². The average molecular weight is 391 g/mol. The van der Waals surface area contributed by atoms with E-state index in [-0.39, 0.29) is 17.5 Å². The Kier molecular flexibility index (Phi) is 6.07. The van der Waals surface area contributed by atoms with Gasteiger partial charge in [0.15, 0.2) is 5.69 Å². The van der Waals surface area contributed by atoms with Crippen molar-refractivity contribution in [3.63, 3.8) is 0 Å². The molecule has 1 aromatic heterocycles. The topological polar surface area (TPSA) is 88.9 Å². The highest BCUT2D eigenvalue weighted by Crippen LogP contribution is 2.17. The summed E-state index contributed by atoms with van der Waals surface area (Å²) in [5, 5.41) is 14.4. The van der Waals surface area contributed by atoms with Gasteiger partial charge in [0.1, 0.15) is 0 Å². The highest BCUT2D eigenvalue weighted by Gasteiger charge is 2.18. The molecular formula is C22H25N5O2. The van der Waals surface area contributed by atoms with E-state index in [1.54, 1.807) is 31.2 Å². The third kappa shape index (κ3) is 4.68. The van der Waals surface area contributed by atoms with Crippen molar-refractivity contribution < 1.29 is 9.59 Å². The van der Waals surface area contributed by atoms with Crippen molar-refractivity contribution in [2.24, 2.45) is 0 Å². The van der Waals surface area contributed by atoms with Gasteiger partial charge in [0.25, 0.3) is 11.8 Å². The van der Waals surface area contributed by atoms with Crippen LogP contribution >= 0.6 is 0 Å². The van der Waals surface area contributed by atoms with Crippen molar-refractivity contribution in [2.45, 2.75) is 34.1 Å². The minimum absolute atomic E-state index is 0.167. The molecule has 1 heterocycles. The van der Waals surface area contributed by atoms with E-state index in [9.17, 15) is 9.59 Å². The molecule has 0 saturated heterocycles. The molecule has 7 heteroatoms. The Hall–Kier alpha value is -3.48. The lowest BCUT2D eigenvalue weighted by molar-refractivity contribution is 0.0952. The summed E-state index contributed by atoms with van der Waals surface area (Å²) in [6.45, 7) is 8.35. The minimum Gasteiger partial charge on any atom is -0.352 e. The fourth-order valence-electron chi connectivity index (χ4n) is 3.00. The number of aryl methyl sites for hydroxylation is 3. The zero-order chi connectivity index (χ0) is 21.0. The maximum atomic E-state index is 12.7. The molecule has 2 aromatic carbocycles. The van der Waals surface area contributed by atoms with E-state index in [1.165, 1.54) is 4.80 Å². The molecular weight excluding hydrogens is 366 g/mol. The first-order valence-corrected chi connectivity index (χ1v) is 9.60. The molecule has 0 aliphatic heterocycles. The lowest BCUT2D eigenvalue weighted by Crippen LogP contribution is -2.24. The van der Waals surface area contributed by atoms with Gasteiger partial charge in [0, 0.05) is 17.8 Å². The normalized spacial score (nSPS) is 10.6. The first-order valence-electron chi connectivity index (χ1n) is 9.60. The summed E-state index contributed by atoms with van der Waals surface area (Å²) in [6, 6.07) is 12.8. The molecule has 3 aromatic rings. The number of carbonyl (C=O) groups is 2. The molecule has 0 fully saturated rings. The van der Waals surface area contributed by atoms with E-state index < -0.39 is 0 Å². The predicted molar refractivity (Wildman–Crippen MR) is 113 cm³/mol. The Morgan fingerprint density at radius 3 is 2.52 bits per heavy atom. The number of benzene rings is 2. The van der Waals surface area contributed by atoms with Crippen LogP contribution in [-0.2, 0) is 0 Å². The standard InChI is InChI=1S/C22H25N5O2/c1-5-11-23-21(28)17-7-6-8-18(13-17)24-22(29)20-16(4)25-27(26-20)19-10-9-14(2)12-15(19)3/h6-10,12-13H,5,11H2,1-4H3,(H,23,28)(H,24,29).